The Labute approximate surface area is 217 Å². The van der Waals surface area contributed by atoms with Gasteiger partial charge in [-0.25, -0.2) is 0 Å². The van der Waals surface area contributed by atoms with Crippen molar-refractivity contribution in [1.29, 1.82) is 0 Å². The zero-order valence-electron chi connectivity index (χ0n) is 20.8. The van der Waals surface area contributed by atoms with E-state index in [-0.39, 0.29) is 11.5 Å². The van der Waals surface area contributed by atoms with Crippen LogP contribution in [0.15, 0.2) is 89.5 Å². The van der Waals surface area contributed by atoms with Gasteiger partial charge in [0.1, 0.15) is 0 Å². The average molecular weight is 600 g/mol. The Hall–Kier alpha value is -2.54. The third-order valence-electron chi connectivity index (χ3n) is 6.62. The Morgan fingerprint density at radius 2 is 0.892 bits per heavy atom. The molecule has 2 aliphatic rings. The number of alkyl halides is 6. The molecule has 0 heterocycles. The number of allylic oxidation sites excluding steroid dienone is 8. The van der Waals surface area contributed by atoms with Gasteiger partial charge >= 0.3 is 218 Å². The predicted octanol–water partition coefficient (Wildman–Crippen LogP) is 9.41. The molecule has 0 amide bonds. The molecule has 2 aliphatic carbocycles. The molecular weight excluding hydrogens is 574 g/mol. The molecule has 0 unspecified atom stereocenters. The summed E-state index contributed by atoms with van der Waals surface area (Å²) in [7, 11) is 0. The minimum atomic E-state index is -4.80. The summed E-state index contributed by atoms with van der Waals surface area (Å²) in [6.45, 7) is 7.80. The summed E-state index contributed by atoms with van der Waals surface area (Å²) in [4.78, 5) is 0. The van der Waals surface area contributed by atoms with Crippen LogP contribution < -0.4 is 5.63 Å². The monoisotopic (exact) mass is 598 g/mol. The fourth-order valence-corrected chi connectivity index (χ4v) is 15.2. The van der Waals surface area contributed by atoms with Gasteiger partial charge in [0.15, 0.2) is 0 Å². The molecule has 2 aromatic rings. The molecule has 0 spiro atoms. The van der Waals surface area contributed by atoms with Crippen LogP contribution in [0.4, 0.5) is 26.3 Å². The van der Waals surface area contributed by atoms with Gasteiger partial charge in [-0.15, -0.1) is 0 Å². The second-order valence-electron chi connectivity index (χ2n) is 9.36. The molecule has 0 bridgehead atoms. The normalized spacial score (nSPS) is 16.8. The van der Waals surface area contributed by atoms with Crippen LogP contribution in [0.5, 0.6) is 11.5 Å². The van der Waals surface area contributed by atoms with Crippen molar-refractivity contribution < 1.29 is 53.1 Å². The van der Waals surface area contributed by atoms with E-state index < -0.39 is 44.6 Å². The molecule has 2 nitrogen and oxygen atoms in total. The van der Waals surface area contributed by atoms with Crippen LogP contribution in [0.25, 0.3) is 0 Å². The molecule has 0 N–H and O–H groups in total. The van der Waals surface area contributed by atoms with Crippen LogP contribution in [-0.2, 0) is 33.5 Å². The first-order valence-electron chi connectivity index (χ1n) is 11.7. The molecule has 0 saturated heterocycles. The van der Waals surface area contributed by atoms with Crippen molar-refractivity contribution in [1.82, 2.24) is 0 Å². The van der Waals surface area contributed by atoms with Gasteiger partial charge in [-0.2, -0.15) is 0 Å². The first-order chi connectivity index (χ1) is 17.2. The number of halogens is 6. The third-order valence-corrected chi connectivity index (χ3v) is 16.5. The maximum atomic E-state index is 13.2. The summed E-state index contributed by atoms with van der Waals surface area (Å²) in [5.41, 5.74) is 2.34. The summed E-state index contributed by atoms with van der Waals surface area (Å²) >= 11 is -4.80. The van der Waals surface area contributed by atoms with E-state index >= 15 is 0 Å². The standard InChI is InChI=1S/2C7H5F3O.2C7H9.Zr/c2*8-7(9,10)5-1-3-6(11)4-2-5;2*1-6-3-4-7(2)5-6;/h2*1-4,11H;2*3H,4H2,1-2H3;/q;;;;+2/p-2. The maximum absolute atomic E-state index is 13.2. The molecule has 0 atom stereocenters. The molecular formula is C28H26F6O2Zr. The predicted molar refractivity (Wildman–Crippen MR) is 126 cm³/mol. The number of hydrogen-bond acceptors (Lipinski definition) is 2. The molecule has 4 rings (SSSR count). The SMILES string of the molecule is CC1=CCC(C)=[C]1[Zr]([O]c1ccc(C(F)(F)F)cc1)([O]c1ccc(C(F)(F)F)cc1)[C]1=C(C)CC=C1C. The molecule has 196 valence electrons. The van der Waals surface area contributed by atoms with Gasteiger partial charge < -0.3 is 0 Å². The minimum absolute atomic E-state index is 0.218. The summed E-state index contributed by atoms with van der Waals surface area (Å²) in [5, 5.41) is 0. The van der Waals surface area contributed by atoms with Crippen LogP contribution in [0.3, 0.4) is 0 Å². The van der Waals surface area contributed by atoms with Crippen LogP contribution >= 0.6 is 0 Å². The van der Waals surface area contributed by atoms with Gasteiger partial charge in [0.25, 0.3) is 0 Å². The van der Waals surface area contributed by atoms with Crippen LogP contribution in [0.1, 0.15) is 51.7 Å². The molecule has 0 saturated carbocycles. The van der Waals surface area contributed by atoms with E-state index in [2.05, 4.69) is 0 Å². The van der Waals surface area contributed by atoms with Crippen molar-refractivity contribution in [2.45, 2.75) is 52.9 Å². The fourth-order valence-electron chi connectivity index (χ4n) is 4.88. The number of rotatable bonds is 6. The van der Waals surface area contributed by atoms with Crippen molar-refractivity contribution in [3.63, 3.8) is 0 Å². The Morgan fingerprint density at radius 1 is 0.568 bits per heavy atom. The zero-order chi connectivity index (χ0) is 27.2. The first-order valence-corrected chi connectivity index (χ1v) is 16.2. The average Bonchev–Trinajstić information content (AvgIpc) is 3.33. The van der Waals surface area contributed by atoms with Gasteiger partial charge in [-0.3, -0.25) is 0 Å². The van der Waals surface area contributed by atoms with Crippen LogP contribution in [-0.4, -0.2) is 0 Å². The van der Waals surface area contributed by atoms with E-state index in [0.717, 1.165) is 53.1 Å². The molecule has 0 radical (unpaired) electrons. The van der Waals surface area contributed by atoms with Crippen molar-refractivity contribution in [3.8, 4) is 11.5 Å². The summed E-state index contributed by atoms with van der Waals surface area (Å²) in [6, 6.07) is 8.94. The molecule has 0 fully saturated rings. The van der Waals surface area contributed by atoms with E-state index in [0.29, 0.717) is 12.8 Å². The molecule has 9 heteroatoms. The van der Waals surface area contributed by atoms with E-state index in [9.17, 15) is 26.3 Å². The zero-order valence-corrected chi connectivity index (χ0v) is 23.2. The first kappa shape index (κ1) is 27.5. The Kier molecular flexibility index (Phi) is 7.41. The fraction of sp³-hybridized carbons (Fsp3) is 0.286. The van der Waals surface area contributed by atoms with Crippen LogP contribution in [0, 0.1) is 0 Å². The summed E-state index contributed by atoms with van der Waals surface area (Å²) < 4.78 is 94.4. The van der Waals surface area contributed by atoms with E-state index in [4.69, 9.17) is 5.63 Å². The third kappa shape index (κ3) is 5.52. The Balaban J connectivity index is 1.90. The molecule has 2 aromatic carbocycles. The molecule has 0 aromatic heterocycles. The topological polar surface area (TPSA) is 18.5 Å². The summed E-state index contributed by atoms with van der Waals surface area (Å²) in [6.07, 6.45) is -3.56. The van der Waals surface area contributed by atoms with Gasteiger partial charge in [-0.05, 0) is 0 Å². The van der Waals surface area contributed by atoms with Gasteiger partial charge in [0.05, 0.1) is 0 Å². The van der Waals surface area contributed by atoms with Crippen molar-refractivity contribution in [2.75, 3.05) is 0 Å². The van der Waals surface area contributed by atoms with Gasteiger partial charge in [-0.1, -0.05) is 0 Å². The van der Waals surface area contributed by atoms with Gasteiger partial charge in [0, 0.05) is 0 Å². The summed E-state index contributed by atoms with van der Waals surface area (Å²) in [5.74, 6) is 0.437. The van der Waals surface area contributed by atoms with Crippen LogP contribution in [0.2, 0.25) is 0 Å². The van der Waals surface area contributed by atoms with Crippen molar-refractivity contribution in [2.24, 2.45) is 0 Å². The number of hydrogen-bond donors (Lipinski definition) is 0. The van der Waals surface area contributed by atoms with E-state index in [1.54, 1.807) is 0 Å². The number of benzene rings is 2. The molecule has 37 heavy (non-hydrogen) atoms. The van der Waals surface area contributed by atoms with E-state index in [1.807, 2.05) is 39.8 Å². The Bertz CT molecular complexity index is 1210. The van der Waals surface area contributed by atoms with Gasteiger partial charge in [0.2, 0.25) is 0 Å². The second kappa shape index (κ2) is 9.97. The second-order valence-corrected chi connectivity index (χ2v) is 15.9. The Morgan fingerprint density at radius 3 is 1.14 bits per heavy atom. The van der Waals surface area contributed by atoms with Crippen molar-refractivity contribution >= 4 is 0 Å². The quantitative estimate of drug-likeness (QED) is 0.308. The van der Waals surface area contributed by atoms with Crippen molar-refractivity contribution in [3.05, 3.63) is 101 Å². The van der Waals surface area contributed by atoms with E-state index in [1.165, 1.54) is 24.3 Å². The molecule has 0 aliphatic heterocycles.